The molecule has 0 aliphatic rings. The highest BCUT2D eigenvalue weighted by molar-refractivity contribution is 9.11. The summed E-state index contributed by atoms with van der Waals surface area (Å²) in [6.07, 6.45) is 0.775. The Morgan fingerprint density at radius 3 is 2.79 bits per heavy atom. The van der Waals surface area contributed by atoms with Crippen LogP contribution in [0.2, 0.25) is 0 Å². The van der Waals surface area contributed by atoms with Crippen molar-refractivity contribution in [1.29, 1.82) is 0 Å². The van der Waals surface area contributed by atoms with E-state index < -0.39 is 5.82 Å². The largest absolute Gasteiger partial charge is 0.352 e. The molecule has 0 aliphatic heterocycles. The fourth-order valence-electron chi connectivity index (χ4n) is 1.54. The minimum Gasteiger partial charge on any atom is -0.352 e. The third kappa shape index (κ3) is 4.06. The van der Waals surface area contributed by atoms with E-state index in [0.717, 1.165) is 10.2 Å². The minimum atomic E-state index is -0.427. The highest BCUT2D eigenvalue weighted by atomic mass is 79.9. The van der Waals surface area contributed by atoms with Crippen LogP contribution >= 0.6 is 39.9 Å². The van der Waals surface area contributed by atoms with Crippen molar-refractivity contribution in [1.82, 2.24) is 5.32 Å². The molecule has 0 fully saturated rings. The van der Waals surface area contributed by atoms with Gasteiger partial charge < -0.3 is 5.32 Å². The van der Waals surface area contributed by atoms with Gasteiger partial charge in [0.25, 0.3) is 5.91 Å². The maximum absolute atomic E-state index is 13.0. The number of hydrogen-bond acceptors (Lipinski definition) is 3. The van der Waals surface area contributed by atoms with Crippen molar-refractivity contribution in [3.63, 3.8) is 0 Å². The number of thiol groups is 1. The molecule has 0 aliphatic carbocycles. The molecule has 1 aromatic heterocycles. The van der Waals surface area contributed by atoms with E-state index in [-0.39, 0.29) is 10.8 Å². The van der Waals surface area contributed by atoms with Crippen molar-refractivity contribution >= 4 is 45.8 Å². The SMILES string of the molecule is O=C(NCCc1ccc(Br)s1)c1ccc(F)c(S)c1. The molecule has 6 heteroatoms. The van der Waals surface area contributed by atoms with Gasteiger partial charge in [-0.05, 0) is 52.7 Å². The summed E-state index contributed by atoms with van der Waals surface area (Å²) in [4.78, 5) is 13.2. The van der Waals surface area contributed by atoms with Crippen LogP contribution in [0.5, 0.6) is 0 Å². The van der Waals surface area contributed by atoms with Crippen molar-refractivity contribution in [3.05, 3.63) is 50.4 Å². The van der Waals surface area contributed by atoms with Crippen LogP contribution in [0.25, 0.3) is 0 Å². The lowest BCUT2D eigenvalue weighted by molar-refractivity contribution is 0.0954. The third-order valence-corrected chi connectivity index (χ3v) is 4.52. The van der Waals surface area contributed by atoms with Gasteiger partial charge in [0.15, 0.2) is 0 Å². The van der Waals surface area contributed by atoms with Gasteiger partial charge >= 0.3 is 0 Å². The lowest BCUT2D eigenvalue weighted by atomic mass is 10.2. The van der Waals surface area contributed by atoms with E-state index in [1.807, 2.05) is 12.1 Å². The van der Waals surface area contributed by atoms with E-state index in [9.17, 15) is 9.18 Å². The van der Waals surface area contributed by atoms with Gasteiger partial charge in [-0.25, -0.2) is 4.39 Å². The number of carbonyl (C=O) groups is 1. The summed E-state index contributed by atoms with van der Waals surface area (Å²) in [6.45, 7) is 0.547. The van der Waals surface area contributed by atoms with Crippen LogP contribution in [0.1, 0.15) is 15.2 Å². The molecule has 1 aromatic carbocycles. The van der Waals surface area contributed by atoms with Gasteiger partial charge in [-0.2, -0.15) is 0 Å². The first-order chi connectivity index (χ1) is 9.06. The Kier molecular flexibility index (Phi) is 5.01. The zero-order valence-corrected chi connectivity index (χ0v) is 13.1. The number of thiophene rings is 1. The molecule has 2 aromatic rings. The molecule has 0 bridgehead atoms. The Morgan fingerprint density at radius 1 is 1.37 bits per heavy atom. The van der Waals surface area contributed by atoms with Crippen LogP contribution in [0.15, 0.2) is 39.0 Å². The average molecular weight is 360 g/mol. The van der Waals surface area contributed by atoms with Crippen LogP contribution in [-0.2, 0) is 6.42 Å². The second-order valence-electron chi connectivity index (χ2n) is 3.88. The lowest BCUT2D eigenvalue weighted by Crippen LogP contribution is -2.25. The summed E-state index contributed by atoms with van der Waals surface area (Å²) in [5.74, 6) is -0.644. The Bertz CT molecular complexity index is 600. The third-order valence-electron chi connectivity index (χ3n) is 2.49. The summed E-state index contributed by atoms with van der Waals surface area (Å²) in [5, 5.41) is 2.80. The van der Waals surface area contributed by atoms with Gasteiger partial charge in [-0.1, -0.05) is 0 Å². The predicted molar refractivity (Wildman–Crippen MR) is 81.7 cm³/mol. The molecular weight excluding hydrogens is 349 g/mol. The molecule has 0 radical (unpaired) electrons. The highest BCUT2D eigenvalue weighted by Gasteiger charge is 2.07. The van der Waals surface area contributed by atoms with Gasteiger partial charge in [0.2, 0.25) is 0 Å². The first-order valence-corrected chi connectivity index (χ1v) is 7.63. The molecule has 1 N–H and O–H groups in total. The molecule has 1 amide bonds. The molecule has 19 heavy (non-hydrogen) atoms. The first kappa shape index (κ1) is 14.6. The van der Waals surface area contributed by atoms with E-state index in [1.54, 1.807) is 11.3 Å². The summed E-state index contributed by atoms with van der Waals surface area (Å²) in [6, 6.07) is 8.12. The summed E-state index contributed by atoms with van der Waals surface area (Å²) < 4.78 is 14.1. The van der Waals surface area contributed by atoms with Crippen molar-refractivity contribution in [3.8, 4) is 0 Å². The Hall–Kier alpha value is -0.850. The van der Waals surface area contributed by atoms with Crippen LogP contribution in [-0.4, -0.2) is 12.5 Å². The van der Waals surface area contributed by atoms with E-state index in [0.29, 0.717) is 12.1 Å². The van der Waals surface area contributed by atoms with Crippen molar-refractivity contribution in [2.75, 3.05) is 6.54 Å². The van der Waals surface area contributed by atoms with Crippen LogP contribution < -0.4 is 5.32 Å². The number of benzene rings is 1. The molecule has 2 nitrogen and oxygen atoms in total. The van der Waals surface area contributed by atoms with Gasteiger partial charge in [0.1, 0.15) is 5.82 Å². The molecule has 0 unspecified atom stereocenters. The first-order valence-electron chi connectivity index (χ1n) is 5.57. The molecule has 0 spiro atoms. The number of hydrogen-bond donors (Lipinski definition) is 2. The number of rotatable bonds is 4. The van der Waals surface area contributed by atoms with Gasteiger partial charge in [0.05, 0.1) is 3.79 Å². The van der Waals surface area contributed by atoms with Gasteiger partial charge in [0, 0.05) is 21.9 Å². The van der Waals surface area contributed by atoms with E-state index in [2.05, 4.69) is 33.9 Å². The van der Waals surface area contributed by atoms with Crippen molar-refractivity contribution in [2.45, 2.75) is 11.3 Å². The van der Waals surface area contributed by atoms with Crippen molar-refractivity contribution < 1.29 is 9.18 Å². The minimum absolute atomic E-state index is 0.176. The summed E-state index contributed by atoms with van der Waals surface area (Å²) in [7, 11) is 0. The van der Waals surface area contributed by atoms with Gasteiger partial charge in [-0.3, -0.25) is 4.79 Å². The zero-order valence-electron chi connectivity index (χ0n) is 9.82. The topological polar surface area (TPSA) is 29.1 Å². The maximum Gasteiger partial charge on any atom is 0.251 e. The zero-order chi connectivity index (χ0) is 13.8. The molecular formula is C13H11BrFNOS2. The number of carbonyl (C=O) groups excluding carboxylic acids is 1. The maximum atomic E-state index is 13.0. The van der Waals surface area contributed by atoms with Crippen LogP contribution in [0, 0.1) is 5.82 Å². The molecule has 100 valence electrons. The molecule has 2 rings (SSSR count). The second-order valence-corrected chi connectivity index (χ2v) is 6.91. The molecule has 0 saturated carbocycles. The quantitative estimate of drug-likeness (QED) is 0.796. The standard InChI is InChI=1S/C13H11BrFNOS2/c14-12-4-2-9(19-12)5-6-16-13(17)8-1-3-10(15)11(18)7-8/h1-4,7,18H,5-6H2,(H,16,17). The predicted octanol–water partition coefficient (Wildman–Crippen LogP) is 3.91. The Balaban J connectivity index is 1.89. The van der Waals surface area contributed by atoms with E-state index in [4.69, 9.17) is 0 Å². The Morgan fingerprint density at radius 2 is 2.16 bits per heavy atom. The monoisotopic (exact) mass is 359 g/mol. The molecule has 0 saturated heterocycles. The molecule has 1 heterocycles. The summed E-state index contributed by atoms with van der Waals surface area (Å²) >= 11 is 8.99. The lowest BCUT2D eigenvalue weighted by Gasteiger charge is -2.05. The average Bonchev–Trinajstić information content (AvgIpc) is 2.78. The van der Waals surface area contributed by atoms with E-state index in [1.165, 1.54) is 23.1 Å². The normalized spacial score (nSPS) is 10.5. The van der Waals surface area contributed by atoms with Crippen LogP contribution in [0.4, 0.5) is 4.39 Å². The number of nitrogens with one attached hydrogen (secondary N) is 1. The highest BCUT2D eigenvalue weighted by Crippen LogP contribution is 2.22. The fourth-order valence-corrected chi connectivity index (χ4v) is 3.24. The van der Waals surface area contributed by atoms with Crippen LogP contribution in [0.3, 0.4) is 0 Å². The van der Waals surface area contributed by atoms with Gasteiger partial charge in [-0.15, -0.1) is 24.0 Å². The molecule has 0 atom stereocenters. The summed E-state index contributed by atoms with van der Waals surface area (Å²) in [5.41, 5.74) is 0.416. The van der Waals surface area contributed by atoms with E-state index >= 15 is 0 Å². The Labute approximate surface area is 128 Å². The number of amides is 1. The second kappa shape index (κ2) is 6.54. The fraction of sp³-hybridized carbons (Fsp3) is 0.154. The smallest absolute Gasteiger partial charge is 0.251 e. The van der Waals surface area contributed by atoms with Crippen molar-refractivity contribution in [2.24, 2.45) is 0 Å². The number of halogens is 2.